The maximum absolute atomic E-state index is 11.8. The third-order valence-corrected chi connectivity index (χ3v) is 3.16. The molecule has 2 aromatic rings. The zero-order valence-corrected chi connectivity index (χ0v) is 10.7. The van der Waals surface area contributed by atoms with E-state index in [4.69, 9.17) is 16.0 Å². The zero-order chi connectivity index (χ0) is 13.3. The Balaban J connectivity index is 2.74. The molecule has 0 fully saturated rings. The SMILES string of the molecule is C=CCC(O)c1c(Cl)c2cc(C)ccc2oc1=O. The average molecular weight is 265 g/mol. The van der Waals surface area contributed by atoms with Crippen LogP contribution in [0, 0.1) is 6.92 Å². The van der Waals surface area contributed by atoms with Gasteiger partial charge in [-0.3, -0.25) is 0 Å². The van der Waals surface area contributed by atoms with Gasteiger partial charge in [-0.05, 0) is 25.5 Å². The topological polar surface area (TPSA) is 50.4 Å². The summed E-state index contributed by atoms with van der Waals surface area (Å²) in [5.41, 5.74) is 0.910. The molecule has 4 heteroatoms. The molecule has 0 bridgehead atoms. The minimum absolute atomic E-state index is 0.0923. The number of halogens is 1. The molecule has 0 amide bonds. The third-order valence-electron chi connectivity index (χ3n) is 2.75. The molecule has 0 aliphatic carbocycles. The monoisotopic (exact) mass is 264 g/mol. The fourth-order valence-corrected chi connectivity index (χ4v) is 2.20. The minimum atomic E-state index is -0.990. The summed E-state index contributed by atoms with van der Waals surface area (Å²) in [6.45, 7) is 5.44. The standard InChI is InChI=1S/C14H13ClO3/c1-3-4-10(16)12-13(15)9-7-8(2)5-6-11(9)18-14(12)17/h3,5-7,10,16H,1,4H2,2H3. The molecule has 1 N–H and O–H groups in total. The van der Waals surface area contributed by atoms with E-state index in [1.54, 1.807) is 6.07 Å². The van der Waals surface area contributed by atoms with Crippen molar-refractivity contribution in [1.29, 1.82) is 0 Å². The molecule has 2 rings (SSSR count). The Kier molecular flexibility index (Phi) is 3.55. The summed E-state index contributed by atoms with van der Waals surface area (Å²) in [5.74, 6) is 0. The number of aryl methyl sites for hydroxylation is 1. The van der Waals surface area contributed by atoms with Crippen molar-refractivity contribution in [3.05, 3.63) is 57.4 Å². The van der Waals surface area contributed by atoms with E-state index < -0.39 is 11.7 Å². The summed E-state index contributed by atoms with van der Waals surface area (Å²) in [6, 6.07) is 5.35. The molecule has 0 saturated carbocycles. The molecule has 1 heterocycles. The van der Waals surface area contributed by atoms with Crippen LogP contribution in [0.4, 0.5) is 0 Å². The molecule has 0 aliphatic rings. The van der Waals surface area contributed by atoms with Crippen LogP contribution in [-0.4, -0.2) is 5.11 Å². The number of hydrogen-bond acceptors (Lipinski definition) is 3. The van der Waals surface area contributed by atoms with Gasteiger partial charge in [0.2, 0.25) is 0 Å². The highest BCUT2D eigenvalue weighted by atomic mass is 35.5. The van der Waals surface area contributed by atoms with E-state index in [1.165, 1.54) is 6.08 Å². The molecule has 1 unspecified atom stereocenters. The van der Waals surface area contributed by atoms with Crippen molar-refractivity contribution >= 4 is 22.6 Å². The van der Waals surface area contributed by atoms with Crippen LogP contribution in [-0.2, 0) is 0 Å². The number of hydrogen-bond donors (Lipinski definition) is 1. The predicted molar refractivity (Wildman–Crippen MR) is 72.0 cm³/mol. The fourth-order valence-electron chi connectivity index (χ4n) is 1.85. The maximum Gasteiger partial charge on any atom is 0.343 e. The second-order valence-electron chi connectivity index (χ2n) is 4.16. The molecule has 0 saturated heterocycles. The molecular formula is C14H13ClO3. The number of aliphatic hydroxyl groups is 1. The Morgan fingerprint density at radius 3 is 2.94 bits per heavy atom. The Morgan fingerprint density at radius 2 is 2.28 bits per heavy atom. The van der Waals surface area contributed by atoms with Crippen LogP contribution in [0.5, 0.6) is 0 Å². The van der Waals surface area contributed by atoms with Crippen molar-refractivity contribution in [3.8, 4) is 0 Å². The van der Waals surface area contributed by atoms with Crippen LogP contribution in [0.3, 0.4) is 0 Å². The maximum atomic E-state index is 11.8. The lowest BCUT2D eigenvalue weighted by molar-refractivity contribution is 0.177. The third kappa shape index (κ3) is 2.19. The summed E-state index contributed by atoms with van der Waals surface area (Å²) in [6.07, 6.45) is 0.791. The lowest BCUT2D eigenvalue weighted by atomic mass is 10.1. The largest absolute Gasteiger partial charge is 0.422 e. The van der Waals surface area contributed by atoms with Gasteiger partial charge in [-0.2, -0.15) is 0 Å². The lowest BCUT2D eigenvalue weighted by Crippen LogP contribution is -2.13. The van der Waals surface area contributed by atoms with E-state index in [0.717, 1.165) is 5.56 Å². The van der Waals surface area contributed by atoms with E-state index in [0.29, 0.717) is 11.0 Å². The van der Waals surface area contributed by atoms with Gasteiger partial charge in [0.25, 0.3) is 0 Å². The molecule has 0 radical (unpaired) electrons. The minimum Gasteiger partial charge on any atom is -0.422 e. The van der Waals surface area contributed by atoms with Crippen LogP contribution >= 0.6 is 11.6 Å². The first-order valence-electron chi connectivity index (χ1n) is 5.56. The number of benzene rings is 1. The van der Waals surface area contributed by atoms with E-state index in [9.17, 15) is 9.90 Å². The van der Waals surface area contributed by atoms with Gasteiger partial charge in [0.05, 0.1) is 16.7 Å². The highest BCUT2D eigenvalue weighted by Gasteiger charge is 2.19. The second-order valence-corrected chi connectivity index (χ2v) is 4.53. The molecule has 1 aromatic heterocycles. The molecular weight excluding hydrogens is 252 g/mol. The van der Waals surface area contributed by atoms with E-state index in [2.05, 4.69) is 6.58 Å². The first kappa shape index (κ1) is 12.9. The second kappa shape index (κ2) is 4.96. The highest BCUT2D eigenvalue weighted by molar-refractivity contribution is 6.36. The van der Waals surface area contributed by atoms with Crippen LogP contribution in [0.2, 0.25) is 5.02 Å². The van der Waals surface area contributed by atoms with Crippen molar-refractivity contribution in [2.45, 2.75) is 19.4 Å². The normalized spacial score (nSPS) is 12.6. The molecule has 94 valence electrons. The van der Waals surface area contributed by atoms with Gasteiger partial charge in [-0.25, -0.2) is 4.79 Å². The van der Waals surface area contributed by atoms with Gasteiger partial charge in [-0.1, -0.05) is 29.3 Å². The summed E-state index contributed by atoms with van der Waals surface area (Å²) in [5, 5.41) is 10.8. The van der Waals surface area contributed by atoms with E-state index in [-0.39, 0.29) is 17.0 Å². The van der Waals surface area contributed by atoms with Crippen LogP contribution in [0.15, 0.2) is 40.1 Å². The van der Waals surface area contributed by atoms with Crippen molar-refractivity contribution in [2.24, 2.45) is 0 Å². The van der Waals surface area contributed by atoms with E-state index in [1.807, 2.05) is 19.1 Å². The average Bonchev–Trinajstić information content (AvgIpc) is 2.31. The lowest BCUT2D eigenvalue weighted by Gasteiger charge is -2.10. The quantitative estimate of drug-likeness (QED) is 0.683. The molecule has 1 aromatic carbocycles. The summed E-state index contributed by atoms with van der Waals surface area (Å²) < 4.78 is 5.16. The highest BCUT2D eigenvalue weighted by Crippen LogP contribution is 2.30. The molecule has 0 aliphatic heterocycles. The van der Waals surface area contributed by atoms with Gasteiger partial charge in [0, 0.05) is 5.39 Å². The smallest absolute Gasteiger partial charge is 0.343 e. The van der Waals surface area contributed by atoms with Gasteiger partial charge in [0.15, 0.2) is 0 Å². The van der Waals surface area contributed by atoms with Gasteiger partial charge in [0.1, 0.15) is 5.58 Å². The summed E-state index contributed by atoms with van der Waals surface area (Å²) >= 11 is 6.20. The van der Waals surface area contributed by atoms with Gasteiger partial charge >= 0.3 is 5.63 Å². The van der Waals surface area contributed by atoms with Crippen molar-refractivity contribution < 1.29 is 9.52 Å². The summed E-state index contributed by atoms with van der Waals surface area (Å²) in [4.78, 5) is 11.8. The predicted octanol–water partition coefficient (Wildman–Crippen LogP) is 3.36. The Labute approximate surface area is 109 Å². The van der Waals surface area contributed by atoms with Crippen molar-refractivity contribution in [1.82, 2.24) is 0 Å². The first-order valence-corrected chi connectivity index (χ1v) is 5.94. The van der Waals surface area contributed by atoms with Crippen LogP contribution in [0.25, 0.3) is 11.0 Å². The molecule has 18 heavy (non-hydrogen) atoms. The van der Waals surface area contributed by atoms with Crippen molar-refractivity contribution in [3.63, 3.8) is 0 Å². The van der Waals surface area contributed by atoms with Crippen LogP contribution < -0.4 is 5.63 Å². The number of rotatable bonds is 3. The van der Waals surface area contributed by atoms with Gasteiger partial charge < -0.3 is 9.52 Å². The Hall–Kier alpha value is -1.58. The summed E-state index contributed by atoms with van der Waals surface area (Å²) in [7, 11) is 0. The molecule has 0 spiro atoms. The van der Waals surface area contributed by atoms with Crippen LogP contribution in [0.1, 0.15) is 23.7 Å². The van der Waals surface area contributed by atoms with E-state index >= 15 is 0 Å². The molecule has 3 nitrogen and oxygen atoms in total. The number of fused-ring (bicyclic) bond motifs is 1. The Bertz CT molecular complexity index is 658. The van der Waals surface area contributed by atoms with Crippen molar-refractivity contribution in [2.75, 3.05) is 0 Å². The molecule has 1 atom stereocenters. The fraction of sp³-hybridized carbons (Fsp3) is 0.214. The number of aliphatic hydroxyl groups excluding tert-OH is 1. The first-order chi connectivity index (χ1) is 8.54. The van der Waals surface area contributed by atoms with Gasteiger partial charge in [-0.15, -0.1) is 6.58 Å². The Morgan fingerprint density at radius 1 is 1.56 bits per heavy atom. The zero-order valence-electron chi connectivity index (χ0n) is 9.94.